The summed E-state index contributed by atoms with van der Waals surface area (Å²) in [5.74, 6) is -0.329. The van der Waals surface area contributed by atoms with E-state index in [1.165, 1.54) is 10.9 Å². The molecule has 0 bridgehead atoms. The monoisotopic (exact) mass is 449 g/mol. The zero-order valence-corrected chi connectivity index (χ0v) is 19.1. The van der Waals surface area contributed by atoms with Gasteiger partial charge in [-0.15, -0.1) is 11.3 Å². The summed E-state index contributed by atoms with van der Waals surface area (Å²) in [4.78, 5) is 31.2. The molecule has 9 heteroatoms. The molecule has 32 heavy (non-hydrogen) atoms. The molecule has 3 aromatic heterocycles. The number of nitrogens with one attached hydrogen (secondary N) is 1. The molecule has 0 radical (unpaired) electrons. The number of thiophene rings is 1. The van der Waals surface area contributed by atoms with Crippen molar-refractivity contribution in [1.29, 1.82) is 0 Å². The van der Waals surface area contributed by atoms with Crippen molar-refractivity contribution in [1.82, 2.24) is 20.1 Å². The van der Waals surface area contributed by atoms with Crippen LogP contribution in [0.3, 0.4) is 0 Å². The lowest BCUT2D eigenvalue weighted by molar-refractivity contribution is -0.385. The van der Waals surface area contributed by atoms with Crippen molar-refractivity contribution in [3.8, 4) is 11.3 Å². The molecule has 0 unspecified atom stereocenters. The third kappa shape index (κ3) is 3.99. The molecule has 1 N–H and O–H groups in total. The van der Waals surface area contributed by atoms with E-state index >= 15 is 0 Å². The van der Waals surface area contributed by atoms with Gasteiger partial charge < -0.3 is 5.32 Å². The van der Waals surface area contributed by atoms with E-state index in [1.807, 2.05) is 27.7 Å². The van der Waals surface area contributed by atoms with E-state index in [4.69, 9.17) is 4.98 Å². The fraction of sp³-hybridized carbons (Fsp3) is 0.261. The van der Waals surface area contributed by atoms with Gasteiger partial charge in [0.1, 0.15) is 0 Å². The molecule has 8 nitrogen and oxygen atoms in total. The second-order valence-electron chi connectivity index (χ2n) is 7.87. The van der Waals surface area contributed by atoms with Crippen molar-refractivity contribution in [2.24, 2.45) is 0 Å². The number of carbonyl (C=O) groups is 1. The SMILES string of the molecule is Cc1cc(-c2cc(C(=O)NCc3ccccc3[N+](=O)[O-])c3cnn(C(C)C)c3n2)c(C)s1. The number of nitro groups is 1. The summed E-state index contributed by atoms with van der Waals surface area (Å²) in [6, 6.07) is 10.3. The third-order valence-corrected chi connectivity index (χ3v) is 6.21. The van der Waals surface area contributed by atoms with Crippen LogP contribution < -0.4 is 5.32 Å². The quantitative estimate of drug-likeness (QED) is 0.322. The van der Waals surface area contributed by atoms with Crippen molar-refractivity contribution < 1.29 is 9.72 Å². The zero-order chi connectivity index (χ0) is 23.0. The molecule has 3 heterocycles. The lowest BCUT2D eigenvalue weighted by atomic mass is 10.1. The van der Waals surface area contributed by atoms with Gasteiger partial charge in [0, 0.05) is 39.5 Å². The summed E-state index contributed by atoms with van der Waals surface area (Å²) in [5, 5.41) is 19.2. The standard InChI is InChI=1S/C23H23N5O3S/c1-13(2)27-22-19(12-25-27)18(10-20(26-22)17-9-14(3)32-15(17)4)23(29)24-11-16-7-5-6-8-21(16)28(30)31/h5-10,12-13H,11H2,1-4H3,(H,24,29). The van der Waals surface area contributed by atoms with Gasteiger partial charge in [0.25, 0.3) is 11.6 Å². The molecule has 0 atom stereocenters. The number of fused-ring (bicyclic) bond motifs is 1. The molecule has 0 spiro atoms. The molecule has 4 aromatic rings. The van der Waals surface area contributed by atoms with E-state index in [0.717, 1.165) is 10.4 Å². The zero-order valence-electron chi connectivity index (χ0n) is 18.2. The predicted molar refractivity (Wildman–Crippen MR) is 125 cm³/mol. The Labute approximate surface area is 189 Å². The first kappa shape index (κ1) is 21.6. The minimum absolute atomic E-state index is 0.0228. The van der Waals surface area contributed by atoms with Crippen LogP contribution in [-0.2, 0) is 6.54 Å². The molecule has 0 aliphatic carbocycles. The molecule has 164 valence electrons. The summed E-state index contributed by atoms with van der Waals surface area (Å²) in [6.07, 6.45) is 1.65. The number of benzene rings is 1. The molecular formula is C23H23N5O3S. The molecular weight excluding hydrogens is 426 g/mol. The number of carbonyl (C=O) groups excluding carboxylic acids is 1. The molecule has 0 saturated carbocycles. The van der Waals surface area contributed by atoms with Crippen LogP contribution in [0.25, 0.3) is 22.3 Å². The number of pyridine rings is 1. The van der Waals surface area contributed by atoms with E-state index in [1.54, 1.807) is 46.5 Å². The highest BCUT2D eigenvalue weighted by Crippen LogP contribution is 2.32. The Morgan fingerprint density at radius 3 is 2.66 bits per heavy atom. The first-order valence-corrected chi connectivity index (χ1v) is 11.0. The van der Waals surface area contributed by atoms with Crippen LogP contribution in [0.4, 0.5) is 5.69 Å². The van der Waals surface area contributed by atoms with Gasteiger partial charge in [-0.05, 0) is 39.8 Å². The Balaban J connectivity index is 1.76. The van der Waals surface area contributed by atoms with Crippen LogP contribution in [0.15, 0.2) is 42.6 Å². The maximum Gasteiger partial charge on any atom is 0.274 e. The normalized spacial score (nSPS) is 11.3. The van der Waals surface area contributed by atoms with Gasteiger partial charge in [0.15, 0.2) is 5.65 Å². The Morgan fingerprint density at radius 2 is 2.00 bits per heavy atom. The summed E-state index contributed by atoms with van der Waals surface area (Å²) >= 11 is 1.68. The molecule has 0 fully saturated rings. The Kier molecular flexibility index (Phi) is 5.75. The minimum atomic E-state index is -0.446. The average Bonchev–Trinajstić information content (AvgIpc) is 3.33. The molecule has 0 aliphatic heterocycles. The highest BCUT2D eigenvalue weighted by molar-refractivity contribution is 7.12. The largest absolute Gasteiger partial charge is 0.348 e. The van der Waals surface area contributed by atoms with E-state index < -0.39 is 4.92 Å². The van der Waals surface area contributed by atoms with Gasteiger partial charge in [-0.25, -0.2) is 9.67 Å². The highest BCUT2D eigenvalue weighted by Gasteiger charge is 2.21. The van der Waals surface area contributed by atoms with E-state index in [0.29, 0.717) is 27.9 Å². The van der Waals surface area contributed by atoms with Crippen molar-refractivity contribution in [2.45, 2.75) is 40.3 Å². The lowest BCUT2D eigenvalue weighted by Crippen LogP contribution is -2.23. The third-order valence-electron chi connectivity index (χ3n) is 5.25. The number of nitrogens with zero attached hydrogens (tertiary/aromatic N) is 4. The summed E-state index contributed by atoms with van der Waals surface area (Å²) in [7, 11) is 0. The first-order valence-electron chi connectivity index (χ1n) is 10.2. The lowest BCUT2D eigenvalue weighted by Gasteiger charge is -2.11. The summed E-state index contributed by atoms with van der Waals surface area (Å²) < 4.78 is 1.80. The van der Waals surface area contributed by atoms with Crippen molar-refractivity contribution in [3.05, 3.63) is 73.6 Å². The van der Waals surface area contributed by atoms with Crippen LogP contribution in [0.5, 0.6) is 0 Å². The molecule has 4 rings (SSSR count). The molecule has 1 amide bonds. The summed E-state index contributed by atoms with van der Waals surface area (Å²) in [6.45, 7) is 8.14. The number of para-hydroxylation sites is 1. The van der Waals surface area contributed by atoms with Crippen LogP contribution in [0.2, 0.25) is 0 Å². The van der Waals surface area contributed by atoms with Crippen LogP contribution >= 0.6 is 11.3 Å². The second kappa shape index (κ2) is 8.51. The van der Waals surface area contributed by atoms with E-state index in [9.17, 15) is 14.9 Å². The number of nitro benzene ring substituents is 1. The van der Waals surface area contributed by atoms with Gasteiger partial charge in [-0.2, -0.15) is 5.10 Å². The maximum atomic E-state index is 13.2. The highest BCUT2D eigenvalue weighted by atomic mass is 32.1. The number of aryl methyl sites for hydroxylation is 2. The van der Waals surface area contributed by atoms with Gasteiger partial charge >= 0.3 is 0 Å². The number of amides is 1. The molecule has 0 aliphatic rings. The number of hydrogen-bond donors (Lipinski definition) is 1. The Hall–Kier alpha value is -3.59. The molecule has 1 aromatic carbocycles. The van der Waals surface area contributed by atoms with Gasteiger partial charge in [-0.3, -0.25) is 14.9 Å². The van der Waals surface area contributed by atoms with Gasteiger partial charge in [0.2, 0.25) is 0 Å². The Morgan fingerprint density at radius 1 is 1.25 bits per heavy atom. The number of aromatic nitrogens is 3. The maximum absolute atomic E-state index is 13.2. The van der Waals surface area contributed by atoms with Crippen molar-refractivity contribution in [3.63, 3.8) is 0 Å². The van der Waals surface area contributed by atoms with Crippen molar-refractivity contribution >= 4 is 34.0 Å². The minimum Gasteiger partial charge on any atom is -0.348 e. The fourth-order valence-electron chi connectivity index (χ4n) is 3.72. The summed E-state index contributed by atoms with van der Waals surface area (Å²) in [5.41, 5.74) is 3.19. The van der Waals surface area contributed by atoms with E-state index in [-0.39, 0.29) is 24.2 Å². The van der Waals surface area contributed by atoms with Crippen LogP contribution in [0.1, 0.15) is 45.6 Å². The fourth-order valence-corrected chi connectivity index (χ4v) is 4.65. The van der Waals surface area contributed by atoms with Gasteiger partial charge in [-0.1, -0.05) is 18.2 Å². The number of rotatable bonds is 6. The first-order chi connectivity index (χ1) is 15.3. The second-order valence-corrected chi connectivity index (χ2v) is 9.33. The van der Waals surface area contributed by atoms with Crippen LogP contribution in [-0.4, -0.2) is 25.6 Å². The predicted octanol–water partition coefficient (Wildman–Crippen LogP) is 5.20. The Bertz CT molecular complexity index is 1340. The van der Waals surface area contributed by atoms with Gasteiger partial charge in [0.05, 0.1) is 27.8 Å². The average molecular weight is 450 g/mol. The van der Waals surface area contributed by atoms with E-state index in [2.05, 4.69) is 16.5 Å². The molecule has 0 saturated heterocycles. The van der Waals surface area contributed by atoms with Crippen LogP contribution in [0, 0.1) is 24.0 Å². The van der Waals surface area contributed by atoms with Crippen molar-refractivity contribution in [2.75, 3.05) is 0 Å². The smallest absolute Gasteiger partial charge is 0.274 e. The number of hydrogen-bond acceptors (Lipinski definition) is 6. The topological polar surface area (TPSA) is 103 Å².